The number of sulfone groups is 1. The number of tetrazole rings is 1. The van der Waals surface area contributed by atoms with Crippen molar-refractivity contribution < 1.29 is 12.8 Å². The Morgan fingerprint density at radius 1 is 1.38 bits per heavy atom. The van der Waals surface area contributed by atoms with Crippen molar-refractivity contribution in [3.8, 4) is 11.4 Å². The third kappa shape index (κ3) is 2.73. The van der Waals surface area contributed by atoms with Crippen LogP contribution in [-0.2, 0) is 9.84 Å². The SMILES string of the molecule is Nc1ccc(F)c(-c2nnnn2C2CCCS(=O)(=O)C2)c1. The number of benzene rings is 1. The molecule has 1 atom stereocenters. The van der Waals surface area contributed by atoms with Crippen molar-refractivity contribution in [1.29, 1.82) is 0 Å². The molecule has 2 heterocycles. The Kier molecular flexibility index (Phi) is 3.36. The second-order valence-corrected chi connectivity index (χ2v) is 7.33. The van der Waals surface area contributed by atoms with Gasteiger partial charge in [-0.1, -0.05) is 0 Å². The van der Waals surface area contributed by atoms with Crippen molar-refractivity contribution >= 4 is 15.5 Å². The number of aromatic nitrogens is 4. The number of hydrogen-bond donors (Lipinski definition) is 1. The molecule has 0 radical (unpaired) electrons. The van der Waals surface area contributed by atoms with E-state index in [0.29, 0.717) is 18.5 Å². The first-order chi connectivity index (χ1) is 9.96. The fourth-order valence-electron chi connectivity index (χ4n) is 2.52. The zero-order valence-electron chi connectivity index (χ0n) is 11.1. The maximum absolute atomic E-state index is 13.9. The van der Waals surface area contributed by atoms with Crippen LogP contribution in [0.4, 0.5) is 10.1 Å². The van der Waals surface area contributed by atoms with E-state index in [-0.39, 0.29) is 28.9 Å². The van der Waals surface area contributed by atoms with Gasteiger partial charge in [0.1, 0.15) is 5.82 Å². The van der Waals surface area contributed by atoms with Gasteiger partial charge in [-0.25, -0.2) is 17.5 Å². The molecule has 1 saturated heterocycles. The smallest absolute Gasteiger partial charge is 0.185 e. The largest absolute Gasteiger partial charge is 0.399 e. The minimum Gasteiger partial charge on any atom is -0.399 e. The average molecular weight is 311 g/mol. The molecule has 21 heavy (non-hydrogen) atoms. The van der Waals surface area contributed by atoms with E-state index in [1.54, 1.807) is 0 Å². The van der Waals surface area contributed by atoms with E-state index in [2.05, 4.69) is 15.5 Å². The minimum absolute atomic E-state index is 0.0328. The van der Waals surface area contributed by atoms with Gasteiger partial charge < -0.3 is 5.73 Å². The number of rotatable bonds is 2. The summed E-state index contributed by atoms with van der Waals surface area (Å²) in [5, 5.41) is 11.2. The van der Waals surface area contributed by atoms with Crippen LogP contribution in [0.2, 0.25) is 0 Å². The van der Waals surface area contributed by atoms with E-state index in [1.165, 1.54) is 22.9 Å². The van der Waals surface area contributed by atoms with Gasteiger partial charge >= 0.3 is 0 Å². The first kappa shape index (κ1) is 13.9. The van der Waals surface area contributed by atoms with Crippen molar-refractivity contribution in [1.82, 2.24) is 20.2 Å². The van der Waals surface area contributed by atoms with Crippen LogP contribution in [0.15, 0.2) is 18.2 Å². The van der Waals surface area contributed by atoms with Crippen molar-refractivity contribution in [2.75, 3.05) is 17.2 Å². The minimum atomic E-state index is -3.11. The lowest BCUT2D eigenvalue weighted by atomic mass is 10.1. The fourth-order valence-corrected chi connectivity index (χ4v) is 4.19. The maximum Gasteiger partial charge on any atom is 0.185 e. The topological polar surface area (TPSA) is 104 Å². The van der Waals surface area contributed by atoms with Gasteiger partial charge in [-0.3, -0.25) is 0 Å². The summed E-state index contributed by atoms with van der Waals surface area (Å²) in [4.78, 5) is 0. The third-order valence-electron chi connectivity index (χ3n) is 3.51. The Balaban J connectivity index is 2.03. The fraction of sp³-hybridized carbons (Fsp3) is 0.417. The molecule has 0 saturated carbocycles. The third-order valence-corrected chi connectivity index (χ3v) is 5.31. The van der Waals surface area contributed by atoms with Crippen LogP contribution < -0.4 is 5.73 Å². The van der Waals surface area contributed by atoms with Crippen LogP contribution >= 0.6 is 0 Å². The molecule has 1 fully saturated rings. The second-order valence-electron chi connectivity index (χ2n) is 5.10. The van der Waals surface area contributed by atoms with Gasteiger partial charge in [-0.05, 0) is 41.5 Å². The van der Waals surface area contributed by atoms with Gasteiger partial charge in [0.2, 0.25) is 0 Å². The molecule has 1 unspecified atom stereocenters. The van der Waals surface area contributed by atoms with E-state index in [9.17, 15) is 12.8 Å². The Hall–Kier alpha value is -2.03. The summed E-state index contributed by atoms with van der Waals surface area (Å²) in [6.07, 6.45) is 1.19. The molecule has 0 amide bonds. The summed E-state index contributed by atoms with van der Waals surface area (Å²) in [6.45, 7) is 0. The van der Waals surface area contributed by atoms with Crippen LogP contribution in [0.5, 0.6) is 0 Å². The summed E-state index contributed by atoms with van der Waals surface area (Å²) < 4.78 is 38.8. The van der Waals surface area contributed by atoms with Crippen molar-refractivity contribution in [2.45, 2.75) is 18.9 Å². The number of anilines is 1. The van der Waals surface area contributed by atoms with Crippen LogP contribution in [0.3, 0.4) is 0 Å². The van der Waals surface area contributed by atoms with Gasteiger partial charge in [0, 0.05) is 5.69 Å². The van der Waals surface area contributed by atoms with E-state index in [4.69, 9.17) is 5.73 Å². The number of halogens is 1. The summed E-state index contributed by atoms with van der Waals surface area (Å²) in [5.41, 5.74) is 6.22. The predicted molar refractivity (Wildman–Crippen MR) is 74.5 cm³/mol. The summed E-state index contributed by atoms with van der Waals surface area (Å²) in [5.74, 6) is -0.163. The molecule has 3 rings (SSSR count). The van der Waals surface area contributed by atoms with Gasteiger partial charge in [0.05, 0.1) is 23.1 Å². The van der Waals surface area contributed by atoms with E-state index in [1.807, 2.05) is 0 Å². The van der Waals surface area contributed by atoms with Crippen LogP contribution in [0, 0.1) is 5.82 Å². The second kappa shape index (κ2) is 5.06. The molecule has 1 aromatic heterocycles. The van der Waals surface area contributed by atoms with Gasteiger partial charge in [0.15, 0.2) is 15.7 Å². The molecule has 1 aliphatic heterocycles. The summed E-state index contributed by atoms with van der Waals surface area (Å²) in [6, 6.07) is 3.74. The number of nitrogen functional groups attached to an aromatic ring is 1. The van der Waals surface area contributed by atoms with E-state index in [0.717, 1.165) is 0 Å². The molecule has 9 heteroatoms. The van der Waals surface area contributed by atoms with Crippen LogP contribution in [0.25, 0.3) is 11.4 Å². The molecule has 2 aromatic rings. The van der Waals surface area contributed by atoms with Crippen molar-refractivity contribution in [3.63, 3.8) is 0 Å². The molecule has 1 aliphatic rings. The first-order valence-corrected chi connectivity index (χ1v) is 8.32. The molecule has 0 spiro atoms. The lowest BCUT2D eigenvalue weighted by molar-refractivity contribution is 0.429. The molecule has 2 N–H and O–H groups in total. The molecule has 1 aromatic carbocycles. The van der Waals surface area contributed by atoms with Crippen LogP contribution in [-0.4, -0.2) is 40.1 Å². The normalized spacial score (nSPS) is 21.3. The lowest BCUT2D eigenvalue weighted by Gasteiger charge is -2.22. The average Bonchev–Trinajstić information content (AvgIpc) is 2.89. The highest BCUT2D eigenvalue weighted by Crippen LogP contribution is 2.28. The zero-order chi connectivity index (χ0) is 15.0. The Bertz CT molecular complexity index is 774. The molecule has 0 bridgehead atoms. The highest BCUT2D eigenvalue weighted by Gasteiger charge is 2.29. The molecular weight excluding hydrogens is 297 g/mol. The van der Waals surface area contributed by atoms with Crippen molar-refractivity contribution in [2.24, 2.45) is 0 Å². The molecule has 112 valence electrons. The number of hydrogen-bond acceptors (Lipinski definition) is 6. The monoisotopic (exact) mass is 311 g/mol. The molecular formula is C12H14FN5O2S. The van der Waals surface area contributed by atoms with E-state index >= 15 is 0 Å². The number of nitrogens with zero attached hydrogens (tertiary/aromatic N) is 4. The Labute approximate surface area is 120 Å². The lowest BCUT2D eigenvalue weighted by Crippen LogP contribution is -2.28. The highest BCUT2D eigenvalue weighted by molar-refractivity contribution is 7.91. The van der Waals surface area contributed by atoms with Gasteiger partial charge in [0.25, 0.3) is 0 Å². The number of nitrogens with two attached hydrogens (primary N) is 1. The summed E-state index contributed by atoms with van der Waals surface area (Å²) >= 11 is 0. The maximum atomic E-state index is 13.9. The molecule has 0 aliphatic carbocycles. The predicted octanol–water partition coefficient (Wildman–Crippen LogP) is 0.811. The van der Waals surface area contributed by atoms with Crippen LogP contribution in [0.1, 0.15) is 18.9 Å². The molecule has 7 nitrogen and oxygen atoms in total. The Morgan fingerprint density at radius 2 is 2.19 bits per heavy atom. The van der Waals surface area contributed by atoms with Gasteiger partial charge in [-0.15, -0.1) is 5.10 Å². The Morgan fingerprint density at radius 3 is 2.95 bits per heavy atom. The first-order valence-electron chi connectivity index (χ1n) is 6.50. The highest BCUT2D eigenvalue weighted by atomic mass is 32.2. The quantitative estimate of drug-likeness (QED) is 0.823. The summed E-state index contributed by atoms with van der Waals surface area (Å²) in [7, 11) is -3.11. The zero-order valence-corrected chi connectivity index (χ0v) is 11.9. The van der Waals surface area contributed by atoms with Gasteiger partial charge in [-0.2, -0.15) is 0 Å². The standard InChI is InChI=1S/C12H14FN5O2S/c13-11-4-3-8(14)6-10(11)12-15-16-17-18(12)9-2-1-5-21(19,20)7-9/h3-4,6,9H,1-2,5,7,14H2. The van der Waals surface area contributed by atoms with E-state index < -0.39 is 15.7 Å². The van der Waals surface area contributed by atoms with Crippen molar-refractivity contribution in [3.05, 3.63) is 24.0 Å².